The summed E-state index contributed by atoms with van der Waals surface area (Å²) in [5.41, 5.74) is 1.28. The number of hydrogen-bond acceptors (Lipinski definition) is 4. The number of fused-ring (bicyclic) bond motifs is 4. The van der Waals surface area contributed by atoms with Gasteiger partial charge in [0, 0.05) is 11.3 Å². The molecule has 0 aromatic heterocycles. The number of nitrogens with one attached hydrogen (secondary N) is 1. The molecule has 1 heterocycles. The normalized spacial score (nSPS) is 43.0. The topological polar surface area (TPSA) is 86.6 Å². The fourth-order valence-corrected chi connectivity index (χ4v) is 7.48. The quantitative estimate of drug-likeness (QED) is 0.591. The van der Waals surface area contributed by atoms with Crippen molar-refractivity contribution in [3.63, 3.8) is 0 Å². The van der Waals surface area contributed by atoms with Crippen LogP contribution in [-0.4, -0.2) is 28.1 Å². The number of carboxylic acids is 1. The van der Waals surface area contributed by atoms with E-state index in [2.05, 4.69) is 12.2 Å². The minimum absolute atomic E-state index is 0.0360. The minimum atomic E-state index is -0.873. The first kappa shape index (κ1) is 20.7. The van der Waals surface area contributed by atoms with Crippen molar-refractivity contribution in [2.45, 2.75) is 64.9 Å². The van der Waals surface area contributed by atoms with Gasteiger partial charge in [0.15, 0.2) is 0 Å². The van der Waals surface area contributed by atoms with E-state index in [9.17, 15) is 19.8 Å². The van der Waals surface area contributed by atoms with E-state index >= 15 is 0 Å². The molecule has 5 nitrogen and oxygen atoms in total. The molecule has 0 amide bonds. The van der Waals surface area contributed by atoms with E-state index in [0.29, 0.717) is 29.5 Å². The third-order valence-corrected chi connectivity index (χ3v) is 9.41. The van der Waals surface area contributed by atoms with Gasteiger partial charge in [0.05, 0.1) is 17.2 Å². The van der Waals surface area contributed by atoms with Crippen molar-refractivity contribution in [2.24, 2.45) is 34.5 Å². The SMILES string of the molecule is C[C@]12CC[C@@H](O)C[C@H]1CC[C@@H]1[C@H]2CC[C@](C)(C(=O)O)[C@H]1/C=C1/Nc2ccccc2C1=O. The molecule has 1 aliphatic heterocycles. The lowest BCUT2D eigenvalue weighted by Crippen LogP contribution is -2.55. The maximum Gasteiger partial charge on any atom is 0.309 e. The average Bonchev–Trinajstić information content (AvgIpc) is 3.06. The molecular weight excluding hydrogens is 390 g/mol. The van der Waals surface area contributed by atoms with Crippen LogP contribution in [0.2, 0.25) is 0 Å². The summed E-state index contributed by atoms with van der Waals surface area (Å²) < 4.78 is 0. The van der Waals surface area contributed by atoms with Gasteiger partial charge in [-0.2, -0.15) is 0 Å². The van der Waals surface area contributed by atoms with Crippen LogP contribution in [0.15, 0.2) is 36.0 Å². The third kappa shape index (κ3) is 3.07. The third-order valence-electron chi connectivity index (χ3n) is 9.41. The van der Waals surface area contributed by atoms with Crippen LogP contribution in [0.5, 0.6) is 0 Å². The van der Waals surface area contributed by atoms with Gasteiger partial charge in [0.1, 0.15) is 0 Å². The summed E-state index contributed by atoms with van der Waals surface area (Å²) in [4.78, 5) is 25.5. The van der Waals surface area contributed by atoms with Crippen molar-refractivity contribution >= 4 is 17.4 Å². The number of benzene rings is 1. The van der Waals surface area contributed by atoms with Gasteiger partial charge in [-0.25, -0.2) is 0 Å². The van der Waals surface area contributed by atoms with E-state index < -0.39 is 11.4 Å². The van der Waals surface area contributed by atoms with Crippen LogP contribution in [0.4, 0.5) is 5.69 Å². The number of carbonyl (C=O) groups is 2. The highest BCUT2D eigenvalue weighted by Gasteiger charge is 2.58. The highest BCUT2D eigenvalue weighted by Crippen LogP contribution is 2.63. The average molecular weight is 424 g/mol. The molecule has 0 saturated heterocycles. The number of Topliss-reactive ketones (excluding diaryl/α,β-unsaturated/α-hetero) is 1. The molecular formula is C26H33NO4. The molecule has 0 bridgehead atoms. The molecule has 3 fully saturated rings. The highest BCUT2D eigenvalue weighted by molar-refractivity contribution is 6.18. The lowest BCUT2D eigenvalue weighted by Gasteiger charge is -2.60. The number of aliphatic carboxylic acids is 1. The number of rotatable bonds is 2. The zero-order valence-corrected chi connectivity index (χ0v) is 18.4. The molecule has 1 aromatic carbocycles. The Bertz CT molecular complexity index is 954. The first-order valence-corrected chi connectivity index (χ1v) is 11.8. The predicted octanol–water partition coefficient (Wildman–Crippen LogP) is 4.87. The number of anilines is 1. The monoisotopic (exact) mass is 423 g/mol. The van der Waals surface area contributed by atoms with Crippen LogP contribution in [0, 0.1) is 34.5 Å². The highest BCUT2D eigenvalue weighted by atomic mass is 16.4. The Morgan fingerprint density at radius 2 is 1.90 bits per heavy atom. The second-order valence-corrected chi connectivity index (χ2v) is 10.8. The summed E-state index contributed by atoms with van der Waals surface area (Å²) in [6.07, 6.45) is 8.04. The van der Waals surface area contributed by atoms with Gasteiger partial charge in [0.25, 0.3) is 0 Å². The maximum absolute atomic E-state index is 13.0. The predicted molar refractivity (Wildman–Crippen MR) is 119 cm³/mol. The summed E-state index contributed by atoms with van der Waals surface area (Å²) in [7, 11) is 0. The molecule has 1 aromatic rings. The number of allylic oxidation sites excluding steroid dienone is 2. The van der Waals surface area contributed by atoms with Crippen molar-refractivity contribution < 1.29 is 19.8 Å². The number of carboxylic acid groups (broad SMARTS) is 1. The fourth-order valence-electron chi connectivity index (χ4n) is 7.48. The molecule has 3 N–H and O–H groups in total. The van der Waals surface area contributed by atoms with Gasteiger partial charge >= 0.3 is 5.97 Å². The standard InChI is InChI=1S/C26H33NO4/c1-25-11-9-16(28)13-15(25)7-8-17-19(25)10-12-26(2,24(30)31)20(17)14-22-23(29)18-5-3-4-6-21(18)27-22/h3-6,14-17,19-20,27-28H,7-13H2,1-2H3,(H,30,31)/b22-14+/t15-,16-,17-,19-,20+,25+,26+/m1/s1. The smallest absolute Gasteiger partial charge is 0.309 e. The number of hydrogen-bond donors (Lipinski definition) is 3. The van der Waals surface area contributed by atoms with Crippen LogP contribution in [0.25, 0.3) is 0 Å². The molecule has 31 heavy (non-hydrogen) atoms. The van der Waals surface area contributed by atoms with E-state index in [1.165, 1.54) is 0 Å². The second kappa shape index (κ2) is 7.19. The molecule has 0 unspecified atom stereocenters. The summed E-state index contributed by atoms with van der Waals surface area (Å²) in [5, 5.41) is 23.7. The summed E-state index contributed by atoms with van der Waals surface area (Å²) in [5.74, 6) is 0.210. The van der Waals surface area contributed by atoms with Crippen LogP contribution < -0.4 is 5.32 Å². The number of aliphatic hydroxyl groups is 1. The fraction of sp³-hybridized carbons (Fsp3) is 0.615. The first-order chi connectivity index (χ1) is 14.7. The van der Waals surface area contributed by atoms with E-state index in [-0.39, 0.29) is 29.1 Å². The van der Waals surface area contributed by atoms with Gasteiger partial charge < -0.3 is 15.5 Å². The number of para-hydroxylation sites is 1. The van der Waals surface area contributed by atoms with Crippen molar-refractivity contribution in [1.82, 2.24) is 0 Å². The van der Waals surface area contributed by atoms with Crippen molar-refractivity contribution in [3.05, 3.63) is 41.6 Å². The lowest BCUT2D eigenvalue weighted by molar-refractivity contribution is -0.164. The van der Waals surface area contributed by atoms with Gasteiger partial charge in [-0.1, -0.05) is 25.1 Å². The molecule has 0 spiro atoms. The maximum atomic E-state index is 13.0. The van der Waals surface area contributed by atoms with E-state index in [4.69, 9.17) is 0 Å². The Balaban J connectivity index is 1.52. The zero-order chi connectivity index (χ0) is 22.0. The van der Waals surface area contributed by atoms with Gasteiger partial charge in [-0.15, -0.1) is 0 Å². The van der Waals surface area contributed by atoms with Crippen LogP contribution in [-0.2, 0) is 4.79 Å². The lowest BCUT2D eigenvalue weighted by atomic mass is 9.44. The molecule has 166 valence electrons. The van der Waals surface area contributed by atoms with Crippen molar-refractivity contribution in [1.29, 1.82) is 0 Å². The molecule has 7 atom stereocenters. The number of aliphatic hydroxyl groups excluding tert-OH is 1. The van der Waals surface area contributed by atoms with Crippen molar-refractivity contribution in [3.8, 4) is 0 Å². The zero-order valence-electron chi connectivity index (χ0n) is 18.4. The van der Waals surface area contributed by atoms with Gasteiger partial charge in [-0.05, 0) is 93.1 Å². The van der Waals surface area contributed by atoms with Crippen LogP contribution in [0.3, 0.4) is 0 Å². The van der Waals surface area contributed by atoms with Crippen LogP contribution >= 0.6 is 0 Å². The molecule has 5 rings (SSSR count). The number of carbonyl (C=O) groups excluding carboxylic acids is 1. The van der Waals surface area contributed by atoms with E-state index in [1.807, 2.05) is 37.3 Å². The minimum Gasteiger partial charge on any atom is -0.481 e. The Kier molecular flexibility index (Phi) is 4.81. The molecule has 0 radical (unpaired) electrons. The molecule has 5 heteroatoms. The van der Waals surface area contributed by atoms with Gasteiger partial charge in [-0.3, -0.25) is 9.59 Å². The number of ketones is 1. The Morgan fingerprint density at radius 3 is 2.65 bits per heavy atom. The Labute approximate surface area is 183 Å². The summed E-state index contributed by atoms with van der Waals surface area (Å²) in [6, 6.07) is 7.48. The Hall–Kier alpha value is -2.14. The molecule has 4 aliphatic rings. The van der Waals surface area contributed by atoms with E-state index in [1.54, 1.807) is 0 Å². The van der Waals surface area contributed by atoms with E-state index in [0.717, 1.165) is 44.2 Å². The first-order valence-electron chi connectivity index (χ1n) is 11.8. The summed E-state index contributed by atoms with van der Waals surface area (Å²) in [6.45, 7) is 4.25. The molecule has 3 aliphatic carbocycles. The van der Waals surface area contributed by atoms with Crippen molar-refractivity contribution in [2.75, 3.05) is 5.32 Å². The largest absolute Gasteiger partial charge is 0.481 e. The summed E-state index contributed by atoms with van der Waals surface area (Å²) >= 11 is 0. The van der Waals surface area contributed by atoms with Crippen LogP contribution in [0.1, 0.15) is 69.2 Å². The second-order valence-electron chi connectivity index (χ2n) is 10.8. The Morgan fingerprint density at radius 1 is 1.13 bits per heavy atom. The van der Waals surface area contributed by atoms with Gasteiger partial charge in [0.2, 0.25) is 5.78 Å². The molecule has 3 saturated carbocycles.